The smallest absolute Gasteiger partial charge is 0.310 e. The first-order valence-electron chi connectivity index (χ1n) is 5.10. The van der Waals surface area contributed by atoms with Crippen LogP contribution in [0, 0.1) is 11.2 Å². The standard InChI is InChI=1S/C12H16FNO2/c1-12(2,11(15)16)8-14-7-9-4-3-5-10(13)6-9/h3-6,14H,7-8H2,1-2H3,(H,15,16). The summed E-state index contributed by atoms with van der Waals surface area (Å²) in [7, 11) is 0. The number of halogens is 1. The molecule has 1 rings (SSSR count). The second kappa shape index (κ2) is 5.07. The predicted molar refractivity (Wildman–Crippen MR) is 59.5 cm³/mol. The number of aliphatic carboxylic acids is 1. The van der Waals surface area contributed by atoms with Crippen LogP contribution in [0.25, 0.3) is 0 Å². The van der Waals surface area contributed by atoms with E-state index >= 15 is 0 Å². The van der Waals surface area contributed by atoms with Crippen molar-refractivity contribution in [3.8, 4) is 0 Å². The number of benzene rings is 1. The van der Waals surface area contributed by atoms with E-state index in [1.165, 1.54) is 12.1 Å². The molecule has 1 aromatic rings. The average molecular weight is 225 g/mol. The molecule has 0 aliphatic heterocycles. The highest BCUT2D eigenvalue weighted by Crippen LogP contribution is 2.13. The number of rotatable bonds is 5. The molecule has 0 aromatic heterocycles. The molecule has 0 saturated carbocycles. The second-order valence-corrected chi connectivity index (χ2v) is 4.42. The van der Waals surface area contributed by atoms with Gasteiger partial charge in [-0.1, -0.05) is 12.1 Å². The van der Waals surface area contributed by atoms with Gasteiger partial charge in [0.05, 0.1) is 5.41 Å². The molecule has 0 atom stereocenters. The number of hydrogen-bond acceptors (Lipinski definition) is 2. The SMILES string of the molecule is CC(C)(CNCc1cccc(F)c1)C(=O)O. The van der Waals surface area contributed by atoms with Crippen LogP contribution in [0.2, 0.25) is 0 Å². The minimum absolute atomic E-state index is 0.281. The van der Waals surface area contributed by atoms with E-state index in [9.17, 15) is 9.18 Å². The van der Waals surface area contributed by atoms with Crippen LogP contribution in [-0.2, 0) is 11.3 Å². The largest absolute Gasteiger partial charge is 0.481 e. The van der Waals surface area contributed by atoms with Gasteiger partial charge in [-0.05, 0) is 31.5 Å². The van der Waals surface area contributed by atoms with E-state index < -0.39 is 11.4 Å². The lowest BCUT2D eigenvalue weighted by Gasteiger charge is -2.19. The fraction of sp³-hybridized carbons (Fsp3) is 0.417. The summed E-state index contributed by atoms with van der Waals surface area (Å²) >= 11 is 0. The van der Waals surface area contributed by atoms with Crippen LogP contribution in [0.4, 0.5) is 4.39 Å². The van der Waals surface area contributed by atoms with Crippen molar-refractivity contribution in [2.24, 2.45) is 5.41 Å². The van der Waals surface area contributed by atoms with Gasteiger partial charge < -0.3 is 10.4 Å². The van der Waals surface area contributed by atoms with Crippen LogP contribution in [0.3, 0.4) is 0 Å². The Labute approximate surface area is 94.3 Å². The normalized spacial score (nSPS) is 11.4. The summed E-state index contributed by atoms with van der Waals surface area (Å²) in [5.74, 6) is -1.13. The summed E-state index contributed by atoms with van der Waals surface area (Å²) in [6.07, 6.45) is 0. The highest BCUT2D eigenvalue weighted by molar-refractivity contribution is 5.73. The number of hydrogen-bond donors (Lipinski definition) is 2. The molecule has 88 valence electrons. The van der Waals surface area contributed by atoms with Crippen LogP contribution in [0.5, 0.6) is 0 Å². The van der Waals surface area contributed by atoms with E-state index in [-0.39, 0.29) is 5.82 Å². The van der Waals surface area contributed by atoms with Crippen LogP contribution >= 0.6 is 0 Å². The Morgan fingerprint density at radius 2 is 2.19 bits per heavy atom. The van der Waals surface area contributed by atoms with Crippen molar-refractivity contribution in [1.29, 1.82) is 0 Å². The fourth-order valence-electron chi connectivity index (χ4n) is 1.24. The van der Waals surface area contributed by atoms with Gasteiger partial charge in [0, 0.05) is 13.1 Å². The Bertz CT molecular complexity index is 377. The Morgan fingerprint density at radius 3 is 2.75 bits per heavy atom. The molecule has 0 radical (unpaired) electrons. The van der Waals surface area contributed by atoms with E-state index in [1.54, 1.807) is 26.0 Å². The Morgan fingerprint density at radius 1 is 1.50 bits per heavy atom. The van der Waals surface area contributed by atoms with E-state index in [2.05, 4.69) is 5.32 Å². The molecular formula is C12H16FNO2. The van der Waals surface area contributed by atoms with Crippen molar-refractivity contribution >= 4 is 5.97 Å². The van der Waals surface area contributed by atoms with Gasteiger partial charge in [0.1, 0.15) is 5.82 Å². The van der Waals surface area contributed by atoms with E-state index in [0.29, 0.717) is 13.1 Å². The summed E-state index contributed by atoms with van der Waals surface area (Å²) < 4.78 is 12.8. The molecule has 4 heteroatoms. The van der Waals surface area contributed by atoms with Crippen molar-refractivity contribution in [1.82, 2.24) is 5.32 Å². The molecule has 0 heterocycles. The first-order chi connectivity index (χ1) is 7.42. The molecule has 16 heavy (non-hydrogen) atoms. The van der Waals surface area contributed by atoms with Crippen molar-refractivity contribution in [2.45, 2.75) is 20.4 Å². The topological polar surface area (TPSA) is 49.3 Å². The van der Waals surface area contributed by atoms with E-state index in [0.717, 1.165) is 5.56 Å². The molecule has 0 aliphatic carbocycles. The van der Waals surface area contributed by atoms with Crippen LogP contribution < -0.4 is 5.32 Å². The van der Waals surface area contributed by atoms with Gasteiger partial charge in [0.15, 0.2) is 0 Å². The summed E-state index contributed by atoms with van der Waals surface area (Å²) in [6, 6.07) is 6.24. The first-order valence-corrected chi connectivity index (χ1v) is 5.10. The summed E-state index contributed by atoms with van der Waals surface area (Å²) in [5.41, 5.74) is -0.00552. The van der Waals surface area contributed by atoms with Gasteiger partial charge in [-0.2, -0.15) is 0 Å². The highest BCUT2D eigenvalue weighted by Gasteiger charge is 2.26. The molecule has 0 spiro atoms. The van der Waals surface area contributed by atoms with Crippen molar-refractivity contribution in [3.05, 3.63) is 35.6 Å². The lowest BCUT2D eigenvalue weighted by Crippen LogP contribution is -2.35. The Hall–Kier alpha value is -1.42. The van der Waals surface area contributed by atoms with Crippen LogP contribution in [0.1, 0.15) is 19.4 Å². The quantitative estimate of drug-likeness (QED) is 0.806. The third kappa shape index (κ3) is 3.62. The first kappa shape index (κ1) is 12.6. The molecule has 0 bridgehead atoms. The minimum Gasteiger partial charge on any atom is -0.481 e. The maximum absolute atomic E-state index is 12.8. The lowest BCUT2D eigenvalue weighted by molar-refractivity contribution is -0.146. The monoisotopic (exact) mass is 225 g/mol. The van der Waals surface area contributed by atoms with Gasteiger partial charge >= 0.3 is 5.97 Å². The van der Waals surface area contributed by atoms with Crippen LogP contribution in [0.15, 0.2) is 24.3 Å². The highest BCUT2D eigenvalue weighted by atomic mass is 19.1. The summed E-state index contributed by atoms with van der Waals surface area (Å²) in [4.78, 5) is 10.8. The second-order valence-electron chi connectivity index (χ2n) is 4.42. The maximum atomic E-state index is 12.8. The van der Waals surface area contributed by atoms with Crippen molar-refractivity contribution < 1.29 is 14.3 Å². The van der Waals surface area contributed by atoms with Gasteiger partial charge in [0.25, 0.3) is 0 Å². The van der Waals surface area contributed by atoms with Gasteiger partial charge in [-0.3, -0.25) is 4.79 Å². The number of carbonyl (C=O) groups is 1. The molecule has 0 amide bonds. The number of nitrogens with one attached hydrogen (secondary N) is 1. The van der Waals surface area contributed by atoms with Crippen molar-refractivity contribution in [2.75, 3.05) is 6.54 Å². The minimum atomic E-state index is -0.848. The maximum Gasteiger partial charge on any atom is 0.310 e. The summed E-state index contributed by atoms with van der Waals surface area (Å²) in [5, 5.41) is 11.9. The predicted octanol–water partition coefficient (Wildman–Crippen LogP) is 2.03. The van der Waals surface area contributed by atoms with Gasteiger partial charge in [0.2, 0.25) is 0 Å². The number of carboxylic acids is 1. The fourth-order valence-corrected chi connectivity index (χ4v) is 1.24. The lowest BCUT2D eigenvalue weighted by atomic mass is 9.94. The molecule has 0 aliphatic rings. The van der Waals surface area contributed by atoms with Gasteiger partial charge in [-0.25, -0.2) is 4.39 Å². The molecule has 0 fully saturated rings. The molecule has 0 saturated heterocycles. The van der Waals surface area contributed by atoms with E-state index in [4.69, 9.17) is 5.11 Å². The zero-order chi connectivity index (χ0) is 12.2. The van der Waals surface area contributed by atoms with Crippen molar-refractivity contribution in [3.63, 3.8) is 0 Å². The third-order valence-corrected chi connectivity index (χ3v) is 2.36. The molecule has 1 aromatic carbocycles. The third-order valence-electron chi connectivity index (χ3n) is 2.36. The van der Waals surface area contributed by atoms with Gasteiger partial charge in [-0.15, -0.1) is 0 Å². The molecular weight excluding hydrogens is 209 g/mol. The van der Waals surface area contributed by atoms with E-state index in [1.807, 2.05) is 0 Å². The summed E-state index contributed by atoms with van der Waals surface area (Å²) in [6.45, 7) is 4.11. The average Bonchev–Trinajstić information content (AvgIpc) is 2.17. The Kier molecular flexibility index (Phi) is 4.01. The molecule has 0 unspecified atom stereocenters. The zero-order valence-electron chi connectivity index (χ0n) is 9.46. The Balaban J connectivity index is 2.45. The van der Waals surface area contributed by atoms with Crippen LogP contribution in [-0.4, -0.2) is 17.6 Å². The molecule has 2 N–H and O–H groups in total. The number of carboxylic acid groups (broad SMARTS) is 1. The zero-order valence-corrected chi connectivity index (χ0v) is 9.46. The molecule has 3 nitrogen and oxygen atoms in total.